The Morgan fingerprint density at radius 3 is 2.16 bits per heavy atom. The van der Waals surface area contributed by atoms with E-state index in [-0.39, 0.29) is 5.54 Å². The van der Waals surface area contributed by atoms with Crippen LogP contribution in [0, 0.1) is 5.41 Å². The van der Waals surface area contributed by atoms with Gasteiger partial charge in [0.25, 0.3) is 0 Å². The zero-order valence-corrected chi connectivity index (χ0v) is 14.2. The van der Waals surface area contributed by atoms with Crippen molar-refractivity contribution in [3.05, 3.63) is 0 Å². The van der Waals surface area contributed by atoms with E-state index in [0.29, 0.717) is 5.41 Å². The minimum absolute atomic E-state index is 0.236. The van der Waals surface area contributed by atoms with E-state index >= 15 is 0 Å². The maximum Gasteiger partial charge on any atom is 0.0220 e. The van der Waals surface area contributed by atoms with Crippen molar-refractivity contribution in [3.63, 3.8) is 0 Å². The van der Waals surface area contributed by atoms with E-state index in [9.17, 15) is 0 Å². The summed E-state index contributed by atoms with van der Waals surface area (Å²) in [6.07, 6.45) is 6.70. The minimum atomic E-state index is 0.236. The molecule has 1 aliphatic heterocycles. The van der Waals surface area contributed by atoms with Crippen molar-refractivity contribution >= 4 is 0 Å². The van der Waals surface area contributed by atoms with E-state index in [0.717, 1.165) is 12.6 Å². The fraction of sp³-hybridized carbons (Fsp3) is 1.00. The summed E-state index contributed by atoms with van der Waals surface area (Å²) in [5.74, 6) is 0. The molecule has 1 rings (SSSR count). The quantitative estimate of drug-likeness (QED) is 0.781. The fourth-order valence-corrected chi connectivity index (χ4v) is 2.95. The van der Waals surface area contributed by atoms with Crippen molar-refractivity contribution in [2.75, 3.05) is 19.6 Å². The van der Waals surface area contributed by atoms with Gasteiger partial charge in [0.2, 0.25) is 0 Å². The second kappa shape index (κ2) is 7.08. The van der Waals surface area contributed by atoms with Gasteiger partial charge < -0.3 is 5.32 Å². The molecule has 0 bridgehead atoms. The lowest BCUT2D eigenvalue weighted by molar-refractivity contribution is 0.0738. The van der Waals surface area contributed by atoms with Gasteiger partial charge in [-0.3, -0.25) is 4.90 Å². The number of nitrogens with one attached hydrogen (secondary N) is 1. The van der Waals surface area contributed by atoms with Crippen molar-refractivity contribution in [1.82, 2.24) is 10.2 Å². The molecule has 0 aromatic carbocycles. The Labute approximate surface area is 121 Å². The Morgan fingerprint density at radius 1 is 1.16 bits per heavy atom. The van der Waals surface area contributed by atoms with Gasteiger partial charge in [-0.25, -0.2) is 0 Å². The number of rotatable bonds is 6. The molecular weight excluding hydrogens is 232 g/mol. The Hall–Kier alpha value is -0.0800. The monoisotopic (exact) mass is 268 g/mol. The molecule has 0 aliphatic carbocycles. The fourth-order valence-electron chi connectivity index (χ4n) is 2.95. The average molecular weight is 268 g/mol. The maximum atomic E-state index is 3.70. The summed E-state index contributed by atoms with van der Waals surface area (Å²) in [6, 6.07) is 0.727. The van der Waals surface area contributed by atoms with Gasteiger partial charge in [-0.1, -0.05) is 33.6 Å². The molecule has 1 aliphatic rings. The van der Waals surface area contributed by atoms with E-state index in [2.05, 4.69) is 51.8 Å². The van der Waals surface area contributed by atoms with Crippen molar-refractivity contribution in [3.8, 4) is 0 Å². The van der Waals surface area contributed by atoms with Crippen LogP contribution in [0.1, 0.15) is 73.6 Å². The summed E-state index contributed by atoms with van der Waals surface area (Å²) in [5, 5.41) is 3.70. The SMILES string of the molecule is CCCC(CNC(C)(C)C)N1CCC(C)(CC)CC1. The van der Waals surface area contributed by atoms with Gasteiger partial charge in [0.05, 0.1) is 0 Å². The molecule has 0 saturated carbocycles. The van der Waals surface area contributed by atoms with Crippen molar-refractivity contribution in [2.45, 2.75) is 85.2 Å². The molecule has 1 unspecified atom stereocenters. The highest BCUT2D eigenvalue weighted by atomic mass is 15.2. The molecular formula is C17H36N2. The third kappa shape index (κ3) is 5.83. The minimum Gasteiger partial charge on any atom is -0.311 e. The van der Waals surface area contributed by atoms with Crippen molar-refractivity contribution in [1.29, 1.82) is 0 Å². The van der Waals surface area contributed by atoms with Gasteiger partial charge >= 0.3 is 0 Å². The average Bonchev–Trinajstić information content (AvgIpc) is 2.35. The molecule has 1 fully saturated rings. The summed E-state index contributed by atoms with van der Waals surface area (Å²) >= 11 is 0. The molecule has 0 amide bonds. The molecule has 1 atom stereocenters. The topological polar surface area (TPSA) is 15.3 Å². The van der Waals surface area contributed by atoms with Gasteiger partial charge in [0.1, 0.15) is 0 Å². The highest BCUT2D eigenvalue weighted by Gasteiger charge is 2.31. The van der Waals surface area contributed by atoms with Crippen LogP contribution in [0.3, 0.4) is 0 Å². The first kappa shape index (κ1) is 17.0. The van der Waals surface area contributed by atoms with Crippen LogP contribution in [0.2, 0.25) is 0 Å². The standard InChI is InChI=1S/C17H36N2/c1-7-9-15(14-18-16(3,4)5)19-12-10-17(6,8-2)11-13-19/h15,18H,7-14H2,1-6H3. The second-order valence-corrected chi connectivity index (χ2v) is 7.77. The Kier molecular flexibility index (Phi) is 6.32. The Morgan fingerprint density at radius 2 is 1.74 bits per heavy atom. The number of likely N-dealkylation sites (tertiary alicyclic amines) is 1. The van der Waals surface area contributed by atoms with Crippen LogP contribution >= 0.6 is 0 Å². The van der Waals surface area contributed by atoms with Gasteiger partial charge in [0, 0.05) is 18.1 Å². The molecule has 1 N–H and O–H groups in total. The van der Waals surface area contributed by atoms with E-state index in [1.54, 1.807) is 0 Å². The molecule has 1 saturated heterocycles. The summed E-state index contributed by atoms with van der Waals surface area (Å²) < 4.78 is 0. The van der Waals surface area contributed by atoms with Crippen LogP contribution in [-0.4, -0.2) is 36.1 Å². The van der Waals surface area contributed by atoms with Gasteiger partial charge in [0.15, 0.2) is 0 Å². The normalized spacial score (nSPS) is 22.4. The Bertz CT molecular complexity index is 246. The maximum absolute atomic E-state index is 3.70. The Balaban J connectivity index is 2.49. The second-order valence-electron chi connectivity index (χ2n) is 7.77. The number of piperidine rings is 1. The molecule has 2 nitrogen and oxygen atoms in total. The van der Waals surface area contributed by atoms with Crippen LogP contribution in [0.25, 0.3) is 0 Å². The third-order valence-electron chi connectivity index (χ3n) is 4.87. The number of nitrogens with zero attached hydrogens (tertiary/aromatic N) is 1. The molecule has 114 valence electrons. The van der Waals surface area contributed by atoms with Crippen LogP contribution in [0.5, 0.6) is 0 Å². The molecule has 0 aromatic heterocycles. The highest BCUT2D eigenvalue weighted by Crippen LogP contribution is 2.34. The third-order valence-corrected chi connectivity index (χ3v) is 4.87. The highest BCUT2D eigenvalue weighted by molar-refractivity contribution is 4.86. The first-order valence-corrected chi connectivity index (χ1v) is 8.29. The molecule has 0 spiro atoms. The predicted molar refractivity (Wildman–Crippen MR) is 85.7 cm³/mol. The zero-order valence-electron chi connectivity index (χ0n) is 14.2. The van der Waals surface area contributed by atoms with E-state index < -0.39 is 0 Å². The first-order valence-electron chi connectivity index (χ1n) is 8.29. The summed E-state index contributed by atoms with van der Waals surface area (Å²) in [5.41, 5.74) is 0.838. The van der Waals surface area contributed by atoms with Crippen LogP contribution in [0.4, 0.5) is 0 Å². The summed E-state index contributed by atoms with van der Waals surface area (Å²) in [4.78, 5) is 2.74. The summed E-state index contributed by atoms with van der Waals surface area (Å²) in [6.45, 7) is 17.6. The van der Waals surface area contributed by atoms with Crippen LogP contribution in [0.15, 0.2) is 0 Å². The lowest BCUT2D eigenvalue weighted by atomic mass is 9.78. The first-order chi connectivity index (χ1) is 8.79. The largest absolute Gasteiger partial charge is 0.311 e. The van der Waals surface area contributed by atoms with Gasteiger partial charge in [-0.05, 0) is 58.5 Å². The van der Waals surface area contributed by atoms with Crippen molar-refractivity contribution < 1.29 is 0 Å². The van der Waals surface area contributed by atoms with Crippen molar-refractivity contribution in [2.24, 2.45) is 5.41 Å². The van der Waals surface area contributed by atoms with Crippen LogP contribution < -0.4 is 5.32 Å². The number of hydrogen-bond donors (Lipinski definition) is 1. The van der Waals surface area contributed by atoms with Gasteiger partial charge in [-0.15, -0.1) is 0 Å². The van der Waals surface area contributed by atoms with E-state index in [4.69, 9.17) is 0 Å². The van der Waals surface area contributed by atoms with E-state index in [1.807, 2.05) is 0 Å². The lowest BCUT2D eigenvalue weighted by Crippen LogP contribution is -2.51. The molecule has 1 heterocycles. The smallest absolute Gasteiger partial charge is 0.0220 e. The lowest BCUT2D eigenvalue weighted by Gasteiger charge is -2.43. The van der Waals surface area contributed by atoms with Crippen LogP contribution in [-0.2, 0) is 0 Å². The molecule has 2 heteroatoms. The predicted octanol–water partition coefficient (Wildman–Crippen LogP) is 4.06. The number of hydrogen-bond acceptors (Lipinski definition) is 2. The van der Waals surface area contributed by atoms with E-state index in [1.165, 1.54) is 45.2 Å². The molecule has 19 heavy (non-hydrogen) atoms. The molecule has 0 aromatic rings. The van der Waals surface area contributed by atoms with Gasteiger partial charge in [-0.2, -0.15) is 0 Å². The molecule has 0 radical (unpaired) electrons. The zero-order chi connectivity index (χ0) is 14.5. The summed E-state index contributed by atoms with van der Waals surface area (Å²) in [7, 11) is 0.